The summed E-state index contributed by atoms with van der Waals surface area (Å²) in [5.41, 5.74) is 8.11. The Balaban J connectivity index is 2.65. The first-order valence-corrected chi connectivity index (χ1v) is 6.75. The molecule has 0 bridgehead atoms. The van der Waals surface area contributed by atoms with Crippen LogP contribution in [-0.4, -0.2) is 38.1 Å². The summed E-state index contributed by atoms with van der Waals surface area (Å²) in [7, 11) is 4.24. The van der Waals surface area contributed by atoms with Crippen LogP contribution in [0, 0.1) is 0 Å². The van der Waals surface area contributed by atoms with E-state index in [1.54, 1.807) is 0 Å². The minimum absolute atomic E-state index is 0.524. The van der Waals surface area contributed by atoms with E-state index in [2.05, 4.69) is 62.0 Å². The van der Waals surface area contributed by atoms with Crippen LogP contribution < -0.4 is 10.6 Å². The number of anilines is 1. The van der Waals surface area contributed by atoms with E-state index in [0.29, 0.717) is 12.6 Å². The fourth-order valence-corrected chi connectivity index (χ4v) is 2.07. The van der Waals surface area contributed by atoms with Gasteiger partial charge in [-0.2, -0.15) is 0 Å². The van der Waals surface area contributed by atoms with Crippen molar-refractivity contribution in [1.82, 2.24) is 4.90 Å². The van der Waals surface area contributed by atoms with Crippen LogP contribution in [0.15, 0.2) is 24.3 Å². The van der Waals surface area contributed by atoms with Gasteiger partial charge in [-0.15, -0.1) is 0 Å². The third-order valence-corrected chi connectivity index (χ3v) is 3.13. The van der Waals surface area contributed by atoms with E-state index in [1.807, 2.05) is 0 Å². The summed E-state index contributed by atoms with van der Waals surface area (Å²) < 4.78 is 0. The summed E-state index contributed by atoms with van der Waals surface area (Å²) in [6, 6.07) is 9.12. The quantitative estimate of drug-likeness (QED) is 0.805. The van der Waals surface area contributed by atoms with Crippen molar-refractivity contribution in [3.63, 3.8) is 0 Å². The lowest BCUT2D eigenvalue weighted by Gasteiger charge is -2.29. The fourth-order valence-electron chi connectivity index (χ4n) is 2.07. The second kappa shape index (κ2) is 7.39. The number of nitrogens with two attached hydrogens (primary N) is 1. The van der Waals surface area contributed by atoms with Crippen LogP contribution in [0.5, 0.6) is 0 Å². The molecule has 0 atom stereocenters. The van der Waals surface area contributed by atoms with Gasteiger partial charge in [0.2, 0.25) is 0 Å². The molecule has 2 N–H and O–H groups in total. The van der Waals surface area contributed by atoms with Crippen LogP contribution in [0.3, 0.4) is 0 Å². The Morgan fingerprint density at radius 2 is 1.67 bits per heavy atom. The Kier molecular flexibility index (Phi) is 6.16. The molecule has 1 aromatic rings. The van der Waals surface area contributed by atoms with Gasteiger partial charge in [0.15, 0.2) is 0 Å². The van der Waals surface area contributed by atoms with E-state index >= 15 is 0 Å². The normalized spacial score (nSPS) is 11.3. The molecule has 3 heteroatoms. The first-order valence-electron chi connectivity index (χ1n) is 6.75. The minimum atomic E-state index is 0.524. The van der Waals surface area contributed by atoms with Gasteiger partial charge in [0.1, 0.15) is 0 Å². The monoisotopic (exact) mass is 249 g/mol. The first kappa shape index (κ1) is 15.0. The Bertz CT molecular complexity index is 330. The van der Waals surface area contributed by atoms with Crippen LogP contribution in [0.1, 0.15) is 25.8 Å². The summed E-state index contributed by atoms with van der Waals surface area (Å²) in [6.07, 6.45) is 1.18. The van der Waals surface area contributed by atoms with Crippen molar-refractivity contribution in [3.05, 3.63) is 29.8 Å². The largest absolute Gasteiger partial charge is 0.369 e. The van der Waals surface area contributed by atoms with Crippen LogP contribution in [-0.2, 0) is 6.54 Å². The van der Waals surface area contributed by atoms with Gasteiger partial charge in [0.25, 0.3) is 0 Å². The van der Waals surface area contributed by atoms with Crippen LogP contribution in [0.4, 0.5) is 5.69 Å². The smallest absolute Gasteiger partial charge is 0.0368 e. The third-order valence-electron chi connectivity index (χ3n) is 3.13. The van der Waals surface area contributed by atoms with Crippen LogP contribution >= 0.6 is 0 Å². The van der Waals surface area contributed by atoms with Crippen molar-refractivity contribution in [3.8, 4) is 0 Å². The van der Waals surface area contributed by atoms with E-state index in [-0.39, 0.29) is 0 Å². The average molecular weight is 249 g/mol. The van der Waals surface area contributed by atoms with Gasteiger partial charge in [-0.25, -0.2) is 0 Å². The molecule has 0 aliphatic carbocycles. The summed E-state index contributed by atoms with van der Waals surface area (Å²) in [5.74, 6) is 0. The SMILES string of the molecule is CC(C)N(CCCN(C)C)c1ccc(CN)cc1. The van der Waals surface area contributed by atoms with Gasteiger partial charge in [0, 0.05) is 24.8 Å². The summed E-state index contributed by atoms with van der Waals surface area (Å²) in [6.45, 7) is 7.32. The number of hydrogen-bond acceptors (Lipinski definition) is 3. The topological polar surface area (TPSA) is 32.5 Å². The zero-order valence-corrected chi connectivity index (χ0v) is 12.2. The van der Waals surface area contributed by atoms with E-state index in [4.69, 9.17) is 5.73 Å². The first-order chi connectivity index (χ1) is 8.54. The molecule has 1 aromatic carbocycles. The summed E-state index contributed by atoms with van der Waals surface area (Å²) in [4.78, 5) is 4.68. The van der Waals surface area contributed by atoms with Gasteiger partial charge in [0.05, 0.1) is 0 Å². The highest BCUT2D eigenvalue weighted by Crippen LogP contribution is 2.18. The molecule has 0 radical (unpaired) electrons. The Morgan fingerprint density at radius 1 is 1.06 bits per heavy atom. The molecule has 0 aliphatic heterocycles. The number of hydrogen-bond donors (Lipinski definition) is 1. The Labute approximate surface area is 112 Å². The lowest BCUT2D eigenvalue weighted by molar-refractivity contribution is 0.398. The van der Waals surface area contributed by atoms with Gasteiger partial charge in [-0.05, 0) is 58.6 Å². The highest BCUT2D eigenvalue weighted by atomic mass is 15.2. The minimum Gasteiger partial charge on any atom is -0.369 e. The molecule has 0 spiro atoms. The molecule has 3 nitrogen and oxygen atoms in total. The maximum atomic E-state index is 5.63. The van der Waals surface area contributed by atoms with Crippen LogP contribution in [0.25, 0.3) is 0 Å². The Hall–Kier alpha value is -1.06. The van der Waals surface area contributed by atoms with E-state index in [1.165, 1.54) is 17.7 Å². The second-order valence-electron chi connectivity index (χ2n) is 5.31. The fraction of sp³-hybridized carbons (Fsp3) is 0.600. The molecule has 0 unspecified atom stereocenters. The van der Waals surface area contributed by atoms with Gasteiger partial charge in [-0.1, -0.05) is 12.1 Å². The molecule has 0 saturated carbocycles. The molecule has 0 fully saturated rings. The van der Waals surface area contributed by atoms with Gasteiger partial charge < -0.3 is 15.5 Å². The molecular weight excluding hydrogens is 222 g/mol. The molecule has 102 valence electrons. The molecule has 0 aromatic heterocycles. The third kappa shape index (κ3) is 4.67. The zero-order chi connectivity index (χ0) is 13.5. The van der Waals surface area contributed by atoms with Crippen molar-refractivity contribution in [2.24, 2.45) is 5.73 Å². The predicted octanol–water partition coefficient (Wildman–Crippen LogP) is 2.31. The highest BCUT2D eigenvalue weighted by Gasteiger charge is 2.10. The maximum absolute atomic E-state index is 5.63. The molecule has 0 heterocycles. The average Bonchev–Trinajstić information content (AvgIpc) is 2.34. The number of benzene rings is 1. The molecule has 1 rings (SSSR count). The van der Waals surface area contributed by atoms with E-state index in [9.17, 15) is 0 Å². The molecule has 0 amide bonds. The Morgan fingerprint density at radius 3 is 2.11 bits per heavy atom. The standard InChI is InChI=1S/C15H27N3/c1-13(2)18(11-5-10-17(3)4)15-8-6-14(12-16)7-9-15/h6-9,13H,5,10-12,16H2,1-4H3. The van der Waals surface area contributed by atoms with Crippen molar-refractivity contribution >= 4 is 5.69 Å². The molecule has 0 saturated heterocycles. The molecule has 18 heavy (non-hydrogen) atoms. The van der Waals surface area contributed by atoms with Gasteiger partial charge >= 0.3 is 0 Å². The van der Waals surface area contributed by atoms with Crippen molar-refractivity contribution < 1.29 is 0 Å². The molecular formula is C15H27N3. The van der Waals surface area contributed by atoms with Crippen LogP contribution in [0.2, 0.25) is 0 Å². The van der Waals surface area contributed by atoms with Gasteiger partial charge in [-0.3, -0.25) is 0 Å². The van der Waals surface area contributed by atoms with Crippen molar-refractivity contribution in [1.29, 1.82) is 0 Å². The lowest BCUT2D eigenvalue weighted by Crippen LogP contribution is -2.33. The zero-order valence-electron chi connectivity index (χ0n) is 12.2. The van der Waals surface area contributed by atoms with Crippen molar-refractivity contribution in [2.75, 3.05) is 32.1 Å². The maximum Gasteiger partial charge on any atom is 0.0368 e. The second-order valence-corrected chi connectivity index (χ2v) is 5.31. The van der Waals surface area contributed by atoms with Crippen molar-refractivity contribution in [2.45, 2.75) is 32.9 Å². The molecule has 0 aliphatic rings. The summed E-state index contributed by atoms with van der Waals surface area (Å²) >= 11 is 0. The number of nitrogens with zero attached hydrogens (tertiary/aromatic N) is 2. The predicted molar refractivity (Wildman–Crippen MR) is 80.0 cm³/mol. The number of rotatable bonds is 7. The lowest BCUT2D eigenvalue weighted by atomic mass is 10.1. The van der Waals surface area contributed by atoms with E-state index < -0.39 is 0 Å². The highest BCUT2D eigenvalue weighted by molar-refractivity contribution is 5.48. The van der Waals surface area contributed by atoms with E-state index in [0.717, 1.165) is 13.1 Å². The summed E-state index contributed by atoms with van der Waals surface area (Å²) in [5, 5.41) is 0.